The molecule has 74 valence electrons. The molecule has 0 spiro atoms. The Bertz CT molecular complexity index is 590. The van der Waals surface area contributed by atoms with Crippen LogP contribution in [-0.2, 0) is 0 Å². The third-order valence-electron chi connectivity index (χ3n) is 2.42. The molecule has 0 saturated carbocycles. The van der Waals surface area contributed by atoms with Crippen molar-refractivity contribution in [3.63, 3.8) is 0 Å². The second-order valence-corrected chi connectivity index (χ2v) is 4.93. The van der Waals surface area contributed by atoms with E-state index < -0.39 is 0 Å². The Labute approximate surface area is 104 Å². The molecule has 1 heterocycles. The predicted molar refractivity (Wildman–Crippen MR) is 71.3 cm³/mol. The van der Waals surface area contributed by atoms with Gasteiger partial charge in [-0.2, -0.15) is 0 Å². The lowest BCUT2D eigenvalue weighted by Gasteiger charge is -2.16. The lowest BCUT2D eigenvalue weighted by Crippen LogP contribution is -2.07. The van der Waals surface area contributed by atoms with Crippen molar-refractivity contribution in [3.05, 3.63) is 34.8 Å². The zero-order chi connectivity index (χ0) is 10.4. The van der Waals surface area contributed by atoms with Crippen LogP contribution in [0.3, 0.4) is 0 Å². The summed E-state index contributed by atoms with van der Waals surface area (Å²) in [5.74, 6) is 0. The van der Waals surface area contributed by atoms with E-state index in [9.17, 15) is 0 Å². The highest BCUT2D eigenvalue weighted by atomic mass is 79.9. The maximum absolute atomic E-state index is 4.44. The second-order valence-electron chi connectivity index (χ2n) is 3.33. The first-order valence-electron chi connectivity index (χ1n) is 4.48. The molecular weight excluding hydrogens is 320 g/mol. The van der Waals surface area contributed by atoms with Gasteiger partial charge < -0.3 is 5.32 Å². The maximum Gasteiger partial charge on any atom is 0.175 e. The Morgan fingerprint density at radius 3 is 2.80 bits per heavy atom. The molecule has 2 aromatic rings. The number of aliphatic imine (C=N–C) groups is 1. The van der Waals surface area contributed by atoms with Crippen LogP contribution in [0.1, 0.15) is 0 Å². The van der Waals surface area contributed by atoms with Gasteiger partial charge in [0.2, 0.25) is 0 Å². The van der Waals surface area contributed by atoms with E-state index in [1.807, 2.05) is 18.2 Å². The van der Waals surface area contributed by atoms with Crippen molar-refractivity contribution in [2.75, 3.05) is 5.32 Å². The van der Waals surface area contributed by atoms with E-state index in [4.69, 9.17) is 0 Å². The largest absolute Gasteiger partial charge is 0.334 e. The fraction of sp³-hybridized carbons (Fsp3) is 0. The van der Waals surface area contributed by atoms with E-state index >= 15 is 0 Å². The monoisotopic (exact) mass is 324 g/mol. The van der Waals surface area contributed by atoms with Crippen molar-refractivity contribution >= 4 is 58.8 Å². The molecule has 1 aliphatic heterocycles. The second kappa shape index (κ2) is 3.32. The van der Waals surface area contributed by atoms with Gasteiger partial charge in [0.25, 0.3) is 0 Å². The lowest BCUT2D eigenvalue weighted by molar-refractivity contribution is 1.50. The minimum absolute atomic E-state index is 0.745. The van der Waals surface area contributed by atoms with Crippen molar-refractivity contribution < 1.29 is 0 Å². The van der Waals surface area contributed by atoms with E-state index in [0.717, 1.165) is 26.0 Å². The molecule has 15 heavy (non-hydrogen) atoms. The third-order valence-corrected chi connectivity index (χ3v) is 3.43. The SMILES string of the molecule is BrC1=Nc2c(Br)ccc3cccc(c23)N1. The smallest absolute Gasteiger partial charge is 0.175 e. The topological polar surface area (TPSA) is 24.4 Å². The molecule has 0 radical (unpaired) electrons. The highest BCUT2D eigenvalue weighted by molar-refractivity contribution is 9.18. The van der Waals surface area contributed by atoms with Gasteiger partial charge in [0.1, 0.15) is 0 Å². The Hall–Kier alpha value is -0.870. The predicted octanol–water partition coefficient (Wildman–Crippen LogP) is 4.41. The minimum atomic E-state index is 0.745. The van der Waals surface area contributed by atoms with Crippen LogP contribution >= 0.6 is 31.9 Å². The number of rotatable bonds is 0. The normalized spacial score (nSPS) is 13.6. The molecule has 0 unspecified atom stereocenters. The van der Waals surface area contributed by atoms with Crippen LogP contribution in [0.4, 0.5) is 11.4 Å². The molecule has 1 aliphatic rings. The molecule has 0 aromatic heterocycles. The van der Waals surface area contributed by atoms with Gasteiger partial charge in [0, 0.05) is 9.86 Å². The van der Waals surface area contributed by atoms with Gasteiger partial charge >= 0.3 is 0 Å². The van der Waals surface area contributed by atoms with Gasteiger partial charge in [-0.3, -0.25) is 0 Å². The van der Waals surface area contributed by atoms with Crippen molar-refractivity contribution in [1.82, 2.24) is 0 Å². The molecule has 0 aliphatic carbocycles. The molecule has 0 amide bonds. The molecule has 0 atom stereocenters. The molecule has 2 aromatic carbocycles. The van der Waals surface area contributed by atoms with Gasteiger partial charge in [-0.25, -0.2) is 4.99 Å². The fourth-order valence-electron chi connectivity index (χ4n) is 1.79. The molecule has 2 nitrogen and oxygen atoms in total. The average Bonchev–Trinajstić information content (AvgIpc) is 2.23. The summed E-state index contributed by atoms with van der Waals surface area (Å²) in [5.41, 5.74) is 2.07. The first-order valence-corrected chi connectivity index (χ1v) is 6.07. The molecule has 0 bridgehead atoms. The summed E-state index contributed by atoms with van der Waals surface area (Å²) in [4.78, 5) is 4.44. The Morgan fingerprint density at radius 2 is 1.93 bits per heavy atom. The number of hydrogen-bond acceptors (Lipinski definition) is 2. The zero-order valence-corrected chi connectivity index (χ0v) is 10.8. The zero-order valence-electron chi connectivity index (χ0n) is 7.59. The number of benzene rings is 2. The molecule has 0 fully saturated rings. The lowest BCUT2D eigenvalue weighted by atomic mass is 10.1. The highest BCUT2D eigenvalue weighted by Crippen LogP contribution is 2.41. The van der Waals surface area contributed by atoms with Gasteiger partial charge in [0.15, 0.2) is 4.74 Å². The number of hydrogen-bond donors (Lipinski definition) is 1. The van der Waals surface area contributed by atoms with Crippen LogP contribution < -0.4 is 5.32 Å². The number of anilines is 1. The van der Waals surface area contributed by atoms with Gasteiger partial charge in [-0.15, -0.1) is 0 Å². The van der Waals surface area contributed by atoms with Crippen molar-refractivity contribution in [1.29, 1.82) is 0 Å². The standard InChI is InChI=1S/C11H6Br2N2/c12-7-5-4-6-2-1-3-8-9(6)10(7)15-11(13)14-8/h1-5H,(H,14,15). The summed E-state index contributed by atoms with van der Waals surface area (Å²) in [6.07, 6.45) is 0. The molecule has 0 saturated heterocycles. The van der Waals surface area contributed by atoms with Crippen LogP contribution in [0.25, 0.3) is 10.8 Å². The molecular formula is C11H6Br2N2. The van der Waals surface area contributed by atoms with Gasteiger partial charge in [0.05, 0.1) is 11.4 Å². The highest BCUT2D eigenvalue weighted by Gasteiger charge is 2.14. The van der Waals surface area contributed by atoms with Crippen molar-refractivity contribution in [3.8, 4) is 0 Å². The van der Waals surface area contributed by atoms with Crippen LogP contribution in [0.15, 0.2) is 39.8 Å². The Balaban J connectivity index is 2.52. The summed E-state index contributed by atoms with van der Waals surface area (Å²) < 4.78 is 1.76. The van der Waals surface area contributed by atoms with E-state index in [-0.39, 0.29) is 0 Å². The third kappa shape index (κ3) is 1.40. The fourth-order valence-corrected chi connectivity index (χ4v) is 2.60. The molecule has 1 N–H and O–H groups in total. The van der Waals surface area contributed by atoms with Crippen LogP contribution in [0, 0.1) is 0 Å². The number of halogens is 2. The minimum Gasteiger partial charge on any atom is -0.334 e. The quantitative estimate of drug-likeness (QED) is 0.713. The van der Waals surface area contributed by atoms with Crippen LogP contribution in [0.5, 0.6) is 0 Å². The number of nitrogens with zero attached hydrogens (tertiary/aromatic N) is 1. The average molecular weight is 326 g/mol. The summed E-state index contributed by atoms with van der Waals surface area (Å²) >= 11 is 6.89. The first kappa shape index (κ1) is 9.36. The Morgan fingerprint density at radius 1 is 1.07 bits per heavy atom. The van der Waals surface area contributed by atoms with Crippen LogP contribution in [-0.4, -0.2) is 4.74 Å². The van der Waals surface area contributed by atoms with Crippen LogP contribution in [0.2, 0.25) is 0 Å². The van der Waals surface area contributed by atoms with Gasteiger partial charge in [-0.1, -0.05) is 18.2 Å². The summed E-state index contributed by atoms with van der Waals surface area (Å²) in [7, 11) is 0. The summed E-state index contributed by atoms with van der Waals surface area (Å²) in [6, 6.07) is 10.3. The van der Waals surface area contributed by atoms with E-state index in [1.165, 1.54) is 5.39 Å². The van der Waals surface area contributed by atoms with Gasteiger partial charge in [-0.05, 0) is 49.4 Å². The summed E-state index contributed by atoms with van der Waals surface area (Å²) in [5, 5.41) is 5.56. The Kier molecular flexibility index (Phi) is 2.07. The van der Waals surface area contributed by atoms with E-state index in [1.54, 1.807) is 0 Å². The maximum atomic E-state index is 4.44. The molecule has 3 rings (SSSR count). The summed E-state index contributed by atoms with van der Waals surface area (Å²) in [6.45, 7) is 0. The van der Waals surface area contributed by atoms with E-state index in [2.05, 4.69) is 54.3 Å². The number of nitrogens with one attached hydrogen (secondary N) is 1. The first-order chi connectivity index (χ1) is 7.25. The van der Waals surface area contributed by atoms with E-state index in [0.29, 0.717) is 0 Å². The van der Waals surface area contributed by atoms with Crippen molar-refractivity contribution in [2.24, 2.45) is 4.99 Å². The number of amidine groups is 1. The molecule has 4 heteroatoms. The van der Waals surface area contributed by atoms with Crippen molar-refractivity contribution in [2.45, 2.75) is 0 Å².